The summed E-state index contributed by atoms with van der Waals surface area (Å²) in [4.78, 5) is 13.6. The van der Waals surface area contributed by atoms with Gasteiger partial charge in [-0.05, 0) is 6.07 Å². The average Bonchev–Trinajstić information content (AvgIpc) is 2.14. The fourth-order valence-corrected chi connectivity index (χ4v) is 1.14. The van der Waals surface area contributed by atoms with Gasteiger partial charge in [-0.3, -0.25) is 4.98 Å². The third-order valence-electron chi connectivity index (χ3n) is 1.65. The van der Waals surface area contributed by atoms with Crippen LogP contribution in [0.3, 0.4) is 0 Å². The molecule has 0 aliphatic rings. The third-order valence-corrected chi connectivity index (χ3v) is 1.98. The fraction of sp³-hybridized carbons (Fsp3) is 0.250. The Hall–Kier alpha value is -1.50. The van der Waals surface area contributed by atoms with Crippen molar-refractivity contribution in [3.05, 3.63) is 28.5 Å². The van der Waals surface area contributed by atoms with Crippen LogP contribution in [0.1, 0.15) is 11.3 Å². The minimum Gasteiger partial charge on any atom is -0.465 e. The lowest BCUT2D eigenvalue weighted by atomic mass is 10.2. The first-order valence-electron chi connectivity index (χ1n) is 3.99. The maximum absolute atomic E-state index is 12.2. The Bertz CT molecular complexity index is 409. The summed E-state index contributed by atoms with van der Waals surface area (Å²) in [5.41, 5.74) is -0.936. The van der Waals surface area contributed by atoms with Crippen LogP contribution in [0, 0.1) is 0 Å². The molecule has 0 saturated heterocycles. The number of nitrogens with zero attached hydrogens (tertiary/aromatic N) is 1. The smallest absolute Gasteiger partial charge is 0.417 e. The van der Waals surface area contributed by atoms with Gasteiger partial charge in [-0.15, -0.1) is 0 Å². The van der Waals surface area contributed by atoms with Crippen LogP contribution in [0.25, 0.3) is 0 Å². The topological polar surface area (TPSA) is 62.2 Å². The first-order valence-corrected chi connectivity index (χ1v) is 4.37. The highest BCUT2D eigenvalue weighted by atomic mass is 35.5. The Balaban J connectivity index is 2.88. The van der Waals surface area contributed by atoms with E-state index in [0.717, 1.165) is 0 Å². The molecule has 1 heterocycles. The Kier molecular flexibility index (Phi) is 3.58. The molecule has 1 aromatic rings. The molecule has 16 heavy (non-hydrogen) atoms. The van der Waals surface area contributed by atoms with Crippen molar-refractivity contribution in [1.29, 1.82) is 0 Å². The van der Waals surface area contributed by atoms with Gasteiger partial charge in [0.1, 0.15) is 0 Å². The Labute approximate surface area is 93.1 Å². The summed E-state index contributed by atoms with van der Waals surface area (Å²) in [5.74, 6) is 0. The van der Waals surface area contributed by atoms with Gasteiger partial charge in [-0.1, -0.05) is 11.6 Å². The summed E-state index contributed by atoms with van der Waals surface area (Å²) in [6.07, 6.45) is -5.22. The highest BCUT2D eigenvalue weighted by Crippen LogP contribution is 2.30. The number of carbonyl (C=O) groups is 1. The molecule has 0 spiro atoms. The lowest BCUT2D eigenvalue weighted by Gasteiger charge is -2.08. The van der Waals surface area contributed by atoms with Crippen LogP contribution in [0.2, 0.25) is 5.02 Å². The van der Waals surface area contributed by atoms with E-state index in [4.69, 9.17) is 16.7 Å². The molecule has 1 rings (SSSR count). The van der Waals surface area contributed by atoms with Crippen molar-refractivity contribution in [2.24, 2.45) is 0 Å². The molecule has 1 amide bonds. The molecule has 8 heteroatoms. The molecule has 0 atom stereocenters. The van der Waals surface area contributed by atoms with E-state index in [-0.39, 0.29) is 17.3 Å². The molecule has 1 aromatic heterocycles. The van der Waals surface area contributed by atoms with Gasteiger partial charge in [-0.2, -0.15) is 13.2 Å². The zero-order valence-corrected chi connectivity index (χ0v) is 8.43. The zero-order chi connectivity index (χ0) is 12.3. The van der Waals surface area contributed by atoms with E-state index in [9.17, 15) is 18.0 Å². The van der Waals surface area contributed by atoms with Gasteiger partial charge in [0.2, 0.25) is 0 Å². The van der Waals surface area contributed by atoms with Gasteiger partial charge in [0.05, 0.1) is 22.8 Å². The van der Waals surface area contributed by atoms with Gasteiger partial charge in [0.15, 0.2) is 0 Å². The molecule has 88 valence electrons. The molecular weight excluding hydrogens is 249 g/mol. The quantitative estimate of drug-likeness (QED) is 0.852. The second-order valence-corrected chi connectivity index (χ2v) is 3.22. The molecule has 0 fully saturated rings. The van der Waals surface area contributed by atoms with E-state index in [1.165, 1.54) is 0 Å². The van der Waals surface area contributed by atoms with E-state index in [0.29, 0.717) is 12.3 Å². The zero-order valence-electron chi connectivity index (χ0n) is 7.68. The van der Waals surface area contributed by atoms with Gasteiger partial charge < -0.3 is 10.4 Å². The Morgan fingerprint density at radius 1 is 1.56 bits per heavy atom. The number of hydrogen-bond donors (Lipinski definition) is 2. The molecule has 0 aliphatic carbocycles. The van der Waals surface area contributed by atoms with E-state index in [1.54, 1.807) is 0 Å². The van der Waals surface area contributed by atoms with Crippen LogP contribution in [-0.4, -0.2) is 16.2 Å². The first-order chi connectivity index (χ1) is 7.30. The van der Waals surface area contributed by atoms with E-state index >= 15 is 0 Å². The van der Waals surface area contributed by atoms with Crippen molar-refractivity contribution in [2.75, 3.05) is 0 Å². The molecule has 0 aromatic carbocycles. The maximum Gasteiger partial charge on any atom is 0.417 e. The summed E-state index contributed by atoms with van der Waals surface area (Å²) in [6, 6.07) is 0.702. The summed E-state index contributed by atoms with van der Waals surface area (Å²) in [7, 11) is 0. The largest absolute Gasteiger partial charge is 0.465 e. The lowest BCUT2D eigenvalue weighted by molar-refractivity contribution is -0.137. The molecule has 4 nitrogen and oxygen atoms in total. The van der Waals surface area contributed by atoms with Crippen LogP contribution in [0.4, 0.5) is 18.0 Å². The molecule has 0 bridgehead atoms. The number of nitrogens with one attached hydrogen (secondary N) is 1. The average molecular weight is 255 g/mol. The van der Waals surface area contributed by atoms with Gasteiger partial charge in [-0.25, -0.2) is 4.79 Å². The van der Waals surface area contributed by atoms with E-state index in [1.807, 2.05) is 5.32 Å². The Morgan fingerprint density at radius 2 is 2.19 bits per heavy atom. The van der Waals surface area contributed by atoms with Crippen LogP contribution in [-0.2, 0) is 12.7 Å². The minimum atomic E-state index is -4.52. The number of halogens is 4. The number of hydrogen-bond acceptors (Lipinski definition) is 2. The van der Waals surface area contributed by atoms with Crippen LogP contribution >= 0.6 is 11.6 Å². The van der Waals surface area contributed by atoms with Gasteiger partial charge in [0, 0.05) is 6.20 Å². The Morgan fingerprint density at radius 3 is 2.62 bits per heavy atom. The number of amides is 1. The molecule has 0 aliphatic heterocycles. The highest BCUT2D eigenvalue weighted by Gasteiger charge is 2.31. The van der Waals surface area contributed by atoms with E-state index < -0.39 is 17.8 Å². The molecule has 0 unspecified atom stereocenters. The van der Waals surface area contributed by atoms with E-state index in [2.05, 4.69) is 4.98 Å². The normalized spacial score (nSPS) is 11.2. The highest BCUT2D eigenvalue weighted by molar-refractivity contribution is 6.31. The summed E-state index contributed by atoms with van der Waals surface area (Å²) >= 11 is 5.52. The fourth-order valence-electron chi connectivity index (χ4n) is 0.911. The van der Waals surface area contributed by atoms with Gasteiger partial charge >= 0.3 is 12.3 Å². The molecule has 0 radical (unpaired) electrons. The number of carboxylic acid groups (broad SMARTS) is 1. The monoisotopic (exact) mass is 254 g/mol. The second-order valence-electron chi connectivity index (χ2n) is 2.81. The maximum atomic E-state index is 12.2. The number of aromatic nitrogens is 1. The summed E-state index contributed by atoms with van der Waals surface area (Å²) in [5, 5.41) is 10.0. The van der Waals surface area contributed by atoms with Gasteiger partial charge in [0.25, 0.3) is 0 Å². The van der Waals surface area contributed by atoms with Crippen molar-refractivity contribution < 1.29 is 23.1 Å². The molecule has 2 N–H and O–H groups in total. The van der Waals surface area contributed by atoms with Crippen LogP contribution in [0.5, 0.6) is 0 Å². The third kappa shape index (κ3) is 3.27. The predicted molar refractivity (Wildman–Crippen MR) is 49.1 cm³/mol. The SMILES string of the molecule is O=C(O)NCc1ncc(C(F)(F)F)cc1Cl. The summed E-state index contributed by atoms with van der Waals surface area (Å²) in [6.45, 7) is -0.244. The van der Waals surface area contributed by atoms with Crippen molar-refractivity contribution in [3.8, 4) is 0 Å². The van der Waals surface area contributed by atoms with Crippen LogP contribution < -0.4 is 5.32 Å². The second kappa shape index (κ2) is 4.56. The summed E-state index contributed by atoms with van der Waals surface area (Å²) < 4.78 is 36.6. The minimum absolute atomic E-state index is 0.0390. The van der Waals surface area contributed by atoms with Crippen molar-refractivity contribution in [3.63, 3.8) is 0 Å². The van der Waals surface area contributed by atoms with Crippen molar-refractivity contribution >= 4 is 17.7 Å². The molecular formula is C8H6ClF3N2O2. The lowest BCUT2D eigenvalue weighted by Crippen LogP contribution is -2.21. The standard InChI is InChI=1S/C8H6ClF3N2O2/c9-5-1-4(8(10,11)12)2-13-6(5)3-14-7(15)16/h1-2,14H,3H2,(H,15,16). The number of alkyl halides is 3. The molecule has 0 saturated carbocycles. The number of pyridine rings is 1. The number of rotatable bonds is 2. The first kappa shape index (κ1) is 12.6. The predicted octanol–water partition coefficient (Wildman–Crippen LogP) is 2.52. The van der Waals surface area contributed by atoms with Crippen molar-refractivity contribution in [2.45, 2.75) is 12.7 Å². The van der Waals surface area contributed by atoms with Crippen LogP contribution in [0.15, 0.2) is 12.3 Å². The van der Waals surface area contributed by atoms with Crippen molar-refractivity contribution in [1.82, 2.24) is 10.3 Å².